The van der Waals surface area contributed by atoms with Crippen molar-refractivity contribution in [1.29, 1.82) is 0 Å². The van der Waals surface area contributed by atoms with Gasteiger partial charge in [0.05, 0.1) is 12.1 Å². The van der Waals surface area contributed by atoms with Gasteiger partial charge in [-0.25, -0.2) is 4.79 Å². The summed E-state index contributed by atoms with van der Waals surface area (Å²) in [6, 6.07) is 22.2. The molecule has 0 atom stereocenters. The molecule has 5 heteroatoms. The number of benzene rings is 3. The summed E-state index contributed by atoms with van der Waals surface area (Å²) in [4.78, 5) is 15.2. The maximum Gasteiger partial charge on any atom is 0.328 e. The summed E-state index contributed by atoms with van der Waals surface area (Å²) in [6.45, 7) is 6.51. The summed E-state index contributed by atoms with van der Waals surface area (Å²) < 4.78 is 13.7. The first kappa shape index (κ1) is 22.8. The Morgan fingerprint density at radius 1 is 1.03 bits per heavy atom. The number of hydrogen-bond donors (Lipinski definition) is 0. The van der Waals surface area contributed by atoms with Gasteiger partial charge in [0.1, 0.15) is 18.1 Å². The van der Waals surface area contributed by atoms with Crippen molar-refractivity contribution in [2.75, 3.05) is 19.7 Å². The Morgan fingerprint density at radius 3 is 2.66 bits per heavy atom. The predicted molar refractivity (Wildman–Crippen MR) is 141 cm³/mol. The van der Waals surface area contributed by atoms with E-state index < -0.39 is 0 Å². The van der Waals surface area contributed by atoms with Crippen LogP contribution in [0.3, 0.4) is 0 Å². The first-order valence-corrected chi connectivity index (χ1v) is 12.2. The van der Waals surface area contributed by atoms with Crippen LogP contribution < -0.4 is 9.47 Å². The second kappa shape index (κ2) is 10.1. The zero-order valence-electron chi connectivity index (χ0n) is 20.2. The average molecular weight is 467 g/mol. The van der Waals surface area contributed by atoms with E-state index in [-0.39, 0.29) is 6.03 Å². The summed E-state index contributed by atoms with van der Waals surface area (Å²) >= 11 is 0. The fraction of sp³-hybridized carbons (Fsp3) is 0.233. The third-order valence-electron chi connectivity index (χ3n) is 6.47. The summed E-state index contributed by atoms with van der Waals surface area (Å²) in [6.07, 6.45) is 7.02. The molecule has 5 rings (SSSR count). The Hall–Kier alpha value is -3.99. The fourth-order valence-corrected chi connectivity index (χ4v) is 4.57. The SMILES string of the molecule is CCN(CC)C(=O)n1cc(C=Cc2ccc3c(c2)CCO3)c2c(OCc3ccccc3)cccc21. The number of fused-ring (bicyclic) bond motifs is 2. The molecule has 1 amide bonds. The van der Waals surface area contributed by atoms with E-state index in [0.717, 1.165) is 52.1 Å². The van der Waals surface area contributed by atoms with Crippen LogP contribution in [-0.4, -0.2) is 35.2 Å². The lowest BCUT2D eigenvalue weighted by Gasteiger charge is -2.19. The molecule has 5 nitrogen and oxygen atoms in total. The van der Waals surface area contributed by atoms with Crippen LogP contribution in [0.15, 0.2) is 72.9 Å². The van der Waals surface area contributed by atoms with Gasteiger partial charge in [-0.15, -0.1) is 0 Å². The molecule has 4 aromatic rings. The molecular formula is C30H30N2O3. The van der Waals surface area contributed by atoms with Crippen LogP contribution in [0.2, 0.25) is 0 Å². The third kappa shape index (κ3) is 4.67. The highest BCUT2D eigenvalue weighted by Gasteiger charge is 2.19. The molecule has 0 unspecified atom stereocenters. The average Bonchev–Trinajstić information content (AvgIpc) is 3.52. The molecule has 0 saturated heterocycles. The maximum absolute atomic E-state index is 13.3. The van der Waals surface area contributed by atoms with Crippen LogP contribution in [0.25, 0.3) is 23.1 Å². The lowest BCUT2D eigenvalue weighted by molar-refractivity contribution is 0.206. The molecule has 0 aliphatic carbocycles. The standard InChI is InChI=1S/C30H30N2O3/c1-3-31(4-2)30(33)32-20-25(15-13-22-14-16-27-24(19-22)17-18-34-27)29-26(32)11-8-12-28(29)35-21-23-9-6-5-7-10-23/h5-16,19-20H,3-4,17-18,21H2,1-2H3. The summed E-state index contributed by atoms with van der Waals surface area (Å²) in [5.41, 5.74) is 5.22. The van der Waals surface area contributed by atoms with Crippen LogP contribution in [0, 0.1) is 0 Å². The maximum atomic E-state index is 13.3. The quantitative estimate of drug-likeness (QED) is 0.307. The van der Waals surface area contributed by atoms with E-state index in [2.05, 4.69) is 24.3 Å². The number of ether oxygens (including phenoxy) is 2. The highest BCUT2D eigenvalue weighted by molar-refractivity contribution is 6.01. The summed E-state index contributed by atoms with van der Waals surface area (Å²) in [5, 5.41) is 0.935. The number of hydrogen-bond acceptors (Lipinski definition) is 3. The van der Waals surface area contributed by atoms with Crippen molar-refractivity contribution in [2.45, 2.75) is 26.9 Å². The van der Waals surface area contributed by atoms with Crippen molar-refractivity contribution >= 4 is 29.1 Å². The van der Waals surface area contributed by atoms with Gasteiger partial charge in [0.2, 0.25) is 0 Å². The van der Waals surface area contributed by atoms with Gasteiger partial charge in [-0.1, -0.05) is 54.6 Å². The van der Waals surface area contributed by atoms with Crippen molar-refractivity contribution in [3.8, 4) is 11.5 Å². The molecule has 0 saturated carbocycles. The monoisotopic (exact) mass is 466 g/mol. The van der Waals surface area contributed by atoms with E-state index in [1.54, 1.807) is 4.57 Å². The van der Waals surface area contributed by atoms with Gasteiger partial charge < -0.3 is 14.4 Å². The zero-order valence-corrected chi connectivity index (χ0v) is 20.2. The lowest BCUT2D eigenvalue weighted by atomic mass is 10.1. The van der Waals surface area contributed by atoms with Gasteiger partial charge in [-0.3, -0.25) is 4.57 Å². The minimum atomic E-state index is -0.0328. The molecule has 2 heterocycles. The van der Waals surface area contributed by atoms with Crippen molar-refractivity contribution in [3.63, 3.8) is 0 Å². The minimum absolute atomic E-state index is 0.0328. The lowest BCUT2D eigenvalue weighted by Crippen LogP contribution is -2.33. The highest BCUT2D eigenvalue weighted by atomic mass is 16.5. The Morgan fingerprint density at radius 2 is 1.86 bits per heavy atom. The molecular weight excluding hydrogens is 436 g/mol. The number of rotatable bonds is 7. The first-order chi connectivity index (χ1) is 17.2. The molecule has 35 heavy (non-hydrogen) atoms. The third-order valence-corrected chi connectivity index (χ3v) is 6.47. The van der Waals surface area contributed by atoms with Crippen LogP contribution in [0.5, 0.6) is 11.5 Å². The van der Waals surface area contributed by atoms with Gasteiger partial charge in [0.15, 0.2) is 0 Å². The van der Waals surface area contributed by atoms with Gasteiger partial charge in [-0.2, -0.15) is 0 Å². The van der Waals surface area contributed by atoms with E-state index in [1.165, 1.54) is 5.56 Å². The van der Waals surface area contributed by atoms with Crippen molar-refractivity contribution in [2.24, 2.45) is 0 Å². The van der Waals surface area contributed by atoms with E-state index >= 15 is 0 Å². The molecule has 0 spiro atoms. The molecule has 0 fully saturated rings. The molecule has 0 radical (unpaired) electrons. The Bertz CT molecular complexity index is 1370. The Kier molecular flexibility index (Phi) is 6.57. The van der Waals surface area contributed by atoms with Crippen molar-refractivity contribution in [3.05, 3.63) is 95.2 Å². The molecule has 1 aliphatic heterocycles. The Labute approximate surface area is 206 Å². The number of amides is 1. The number of aromatic nitrogens is 1. The molecule has 178 valence electrons. The number of carbonyl (C=O) groups is 1. The molecule has 1 aromatic heterocycles. The smallest absolute Gasteiger partial charge is 0.328 e. The van der Waals surface area contributed by atoms with E-state index in [0.29, 0.717) is 19.7 Å². The second-order valence-corrected chi connectivity index (χ2v) is 8.63. The topological polar surface area (TPSA) is 43.7 Å². The molecule has 0 bridgehead atoms. The van der Waals surface area contributed by atoms with E-state index in [9.17, 15) is 4.79 Å². The summed E-state index contributed by atoms with van der Waals surface area (Å²) in [5.74, 6) is 1.74. The fourth-order valence-electron chi connectivity index (χ4n) is 4.57. The van der Waals surface area contributed by atoms with Gasteiger partial charge in [-0.05, 0) is 54.8 Å². The second-order valence-electron chi connectivity index (χ2n) is 8.63. The minimum Gasteiger partial charge on any atom is -0.493 e. The normalized spacial score (nSPS) is 12.6. The summed E-state index contributed by atoms with van der Waals surface area (Å²) in [7, 11) is 0. The molecule has 0 N–H and O–H groups in total. The molecule has 3 aromatic carbocycles. The predicted octanol–water partition coefficient (Wildman–Crippen LogP) is 6.64. The first-order valence-electron chi connectivity index (χ1n) is 12.2. The molecule has 1 aliphatic rings. The zero-order chi connectivity index (χ0) is 24.2. The van der Waals surface area contributed by atoms with Crippen LogP contribution in [-0.2, 0) is 13.0 Å². The van der Waals surface area contributed by atoms with E-state index in [4.69, 9.17) is 9.47 Å². The van der Waals surface area contributed by atoms with Gasteiger partial charge in [0, 0.05) is 36.7 Å². The number of carbonyl (C=O) groups excluding carboxylic acids is 1. The number of nitrogens with zero attached hydrogens (tertiary/aromatic N) is 2. The van der Waals surface area contributed by atoms with E-state index in [1.807, 2.05) is 79.5 Å². The Balaban J connectivity index is 1.55. The van der Waals surface area contributed by atoms with Gasteiger partial charge in [0.25, 0.3) is 0 Å². The van der Waals surface area contributed by atoms with Crippen LogP contribution >= 0.6 is 0 Å². The van der Waals surface area contributed by atoms with Gasteiger partial charge >= 0.3 is 6.03 Å². The van der Waals surface area contributed by atoms with Crippen LogP contribution in [0.1, 0.15) is 36.1 Å². The van der Waals surface area contributed by atoms with Crippen LogP contribution in [0.4, 0.5) is 4.79 Å². The van der Waals surface area contributed by atoms with Crippen molar-refractivity contribution in [1.82, 2.24) is 9.47 Å². The highest BCUT2D eigenvalue weighted by Crippen LogP contribution is 2.33. The van der Waals surface area contributed by atoms with Crippen molar-refractivity contribution < 1.29 is 14.3 Å². The largest absolute Gasteiger partial charge is 0.493 e.